The summed E-state index contributed by atoms with van der Waals surface area (Å²) < 4.78 is 10.7. The fourth-order valence-corrected chi connectivity index (χ4v) is 1.73. The van der Waals surface area contributed by atoms with Crippen molar-refractivity contribution in [2.45, 2.75) is 46.7 Å². The highest BCUT2D eigenvalue weighted by Gasteiger charge is 2.25. The van der Waals surface area contributed by atoms with Crippen LogP contribution in [0.2, 0.25) is 0 Å². The first-order chi connectivity index (χ1) is 10.6. The highest BCUT2D eigenvalue weighted by atomic mass is 16.6. The second kappa shape index (κ2) is 8.08. The van der Waals surface area contributed by atoms with E-state index in [-0.39, 0.29) is 23.3 Å². The summed E-state index contributed by atoms with van der Waals surface area (Å²) in [5, 5.41) is 0. The Balaban J connectivity index is 3.01. The summed E-state index contributed by atoms with van der Waals surface area (Å²) in [7, 11) is 0. The van der Waals surface area contributed by atoms with Crippen LogP contribution in [0.3, 0.4) is 0 Å². The van der Waals surface area contributed by atoms with E-state index in [1.54, 1.807) is 25.1 Å². The van der Waals surface area contributed by atoms with Crippen LogP contribution in [0.5, 0.6) is 11.5 Å². The van der Waals surface area contributed by atoms with Gasteiger partial charge in [-0.1, -0.05) is 39.8 Å². The molecule has 1 aromatic carbocycles. The molecule has 6 nitrogen and oxygen atoms in total. The zero-order valence-electron chi connectivity index (χ0n) is 14.3. The van der Waals surface area contributed by atoms with Gasteiger partial charge < -0.3 is 20.9 Å². The lowest BCUT2D eigenvalue weighted by Gasteiger charge is -2.19. The van der Waals surface area contributed by atoms with E-state index in [9.17, 15) is 9.59 Å². The number of aryl methyl sites for hydroxylation is 1. The molecule has 4 N–H and O–H groups in total. The number of benzene rings is 1. The van der Waals surface area contributed by atoms with Crippen molar-refractivity contribution in [2.75, 3.05) is 0 Å². The Morgan fingerprint density at radius 1 is 0.913 bits per heavy atom. The van der Waals surface area contributed by atoms with E-state index < -0.39 is 24.0 Å². The van der Waals surface area contributed by atoms with Crippen LogP contribution in [-0.2, 0) is 9.59 Å². The lowest BCUT2D eigenvalue weighted by molar-refractivity contribution is -0.139. The predicted molar refractivity (Wildman–Crippen MR) is 88.1 cm³/mol. The van der Waals surface area contributed by atoms with Crippen LogP contribution in [0.25, 0.3) is 0 Å². The van der Waals surface area contributed by atoms with E-state index >= 15 is 0 Å². The minimum Gasteiger partial charge on any atom is -0.421 e. The summed E-state index contributed by atoms with van der Waals surface area (Å²) in [6.07, 6.45) is 0. The Kier molecular flexibility index (Phi) is 6.72. The highest BCUT2D eigenvalue weighted by molar-refractivity contribution is 5.81. The number of rotatable bonds is 6. The second-order valence-corrected chi connectivity index (χ2v) is 6.28. The van der Waals surface area contributed by atoms with E-state index in [0.717, 1.165) is 0 Å². The summed E-state index contributed by atoms with van der Waals surface area (Å²) in [6.45, 7) is 9.05. The van der Waals surface area contributed by atoms with Crippen LogP contribution in [0.4, 0.5) is 0 Å². The summed E-state index contributed by atoms with van der Waals surface area (Å²) in [4.78, 5) is 24.1. The smallest absolute Gasteiger partial charge is 0.328 e. The molecule has 0 bridgehead atoms. The van der Waals surface area contributed by atoms with E-state index in [2.05, 4.69) is 0 Å². The minimum atomic E-state index is -0.754. The van der Waals surface area contributed by atoms with Gasteiger partial charge in [0.1, 0.15) is 12.1 Å². The first kappa shape index (κ1) is 19.1. The summed E-state index contributed by atoms with van der Waals surface area (Å²) in [5.41, 5.74) is 12.2. The van der Waals surface area contributed by atoms with Crippen molar-refractivity contribution >= 4 is 11.9 Å². The molecule has 1 rings (SSSR count). The van der Waals surface area contributed by atoms with Crippen LogP contribution in [-0.4, -0.2) is 24.0 Å². The van der Waals surface area contributed by atoms with Crippen LogP contribution in [0, 0.1) is 18.8 Å². The van der Waals surface area contributed by atoms with E-state index in [0.29, 0.717) is 5.56 Å². The molecule has 2 atom stereocenters. The van der Waals surface area contributed by atoms with Gasteiger partial charge in [0, 0.05) is 0 Å². The molecule has 0 amide bonds. The van der Waals surface area contributed by atoms with Crippen molar-refractivity contribution in [1.82, 2.24) is 0 Å². The Hall–Kier alpha value is -1.92. The molecule has 0 spiro atoms. The number of carbonyl (C=O) groups excluding carboxylic acids is 2. The lowest BCUT2D eigenvalue weighted by atomic mass is 10.1. The summed E-state index contributed by atoms with van der Waals surface area (Å²) in [5.74, 6) is -0.913. The SMILES string of the molecule is Cc1cccc(OC(=O)[C@@H](N)C(C)C)c1OC(=O)[C@@H](N)C(C)C. The van der Waals surface area contributed by atoms with Gasteiger partial charge in [0.15, 0.2) is 11.5 Å². The van der Waals surface area contributed by atoms with E-state index in [4.69, 9.17) is 20.9 Å². The van der Waals surface area contributed by atoms with Gasteiger partial charge in [-0.25, -0.2) is 9.59 Å². The molecule has 0 aliphatic carbocycles. The van der Waals surface area contributed by atoms with E-state index in [1.165, 1.54) is 0 Å². The van der Waals surface area contributed by atoms with Gasteiger partial charge in [0.05, 0.1) is 0 Å². The van der Waals surface area contributed by atoms with Crippen LogP contribution in [0.15, 0.2) is 18.2 Å². The molecule has 0 heterocycles. The molecule has 23 heavy (non-hydrogen) atoms. The maximum absolute atomic E-state index is 12.1. The fourth-order valence-electron chi connectivity index (χ4n) is 1.73. The van der Waals surface area contributed by atoms with E-state index in [1.807, 2.05) is 27.7 Å². The average Bonchev–Trinajstić information content (AvgIpc) is 2.48. The van der Waals surface area contributed by atoms with Crippen molar-refractivity contribution in [3.8, 4) is 11.5 Å². The molecule has 0 saturated heterocycles. The summed E-state index contributed by atoms with van der Waals surface area (Å²) in [6, 6.07) is 3.51. The summed E-state index contributed by atoms with van der Waals surface area (Å²) >= 11 is 0. The monoisotopic (exact) mass is 322 g/mol. The number of nitrogens with two attached hydrogens (primary N) is 2. The highest BCUT2D eigenvalue weighted by Crippen LogP contribution is 2.31. The molecule has 0 radical (unpaired) electrons. The first-order valence-corrected chi connectivity index (χ1v) is 7.69. The van der Waals surface area contributed by atoms with Crippen LogP contribution in [0.1, 0.15) is 33.3 Å². The average molecular weight is 322 g/mol. The predicted octanol–water partition coefficient (Wildman–Crippen LogP) is 1.77. The number of esters is 2. The molecule has 0 saturated carbocycles. The normalized spacial score (nSPS) is 13.8. The quantitative estimate of drug-likeness (QED) is 0.611. The Bertz CT molecular complexity index is 570. The molecular formula is C17H26N2O4. The topological polar surface area (TPSA) is 105 Å². The zero-order valence-corrected chi connectivity index (χ0v) is 14.3. The van der Waals surface area contributed by atoms with Crippen molar-refractivity contribution in [1.29, 1.82) is 0 Å². The minimum absolute atomic E-state index is 0.0623. The zero-order chi connectivity index (χ0) is 17.7. The number of para-hydroxylation sites is 1. The van der Waals surface area contributed by atoms with Crippen molar-refractivity contribution in [2.24, 2.45) is 23.3 Å². The van der Waals surface area contributed by atoms with Gasteiger partial charge in [0.2, 0.25) is 0 Å². The molecule has 0 aromatic heterocycles. The van der Waals surface area contributed by atoms with Gasteiger partial charge in [-0.2, -0.15) is 0 Å². The van der Waals surface area contributed by atoms with Crippen molar-refractivity contribution in [3.63, 3.8) is 0 Å². The van der Waals surface area contributed by atoms with Gasteiger partial charge in [-0.15, -0.1) is 0 Å². The molecule has 6 heteroatoms. The van der Waals surface area contributed by atoms with Crippen LogP contribution >= 0.6 is 0 Å². The third-order valence-electron chi connectivity index (χ3n) is 3.57. The van der Waals surface area contributed by atoms with Gasteiger partial charge in [0.25, 0.3) is 0 Å². The second-order valence-electron chi connectivity index (χ2n) is 6.28. The van der Waals surface area contributed by atoms with Crippen LogP contribution < -0.4 is 20.9 Å². The number of carbonyl (C=O) groups is 2. The third-order valence-corrected chi connectivity index (χ3v) is 3.57. The fraction of sp³-hybridized carbons (Fsp3) is 0.529. The van der Waals surface area contributed by atoms with Gasteiger partial charge in [-0.3, -0.25) is 0 Å². The van der Waals surface area contributed by atoms with Crippen molar-refractivity contribution in [3.05, 3.63) is 23.8 Å². The molecule has 0 unspecified atom stereocenters. The molecule has 0 fully saturated rings. The largest absolute Gasteiger partial charge is 0.421 e. The number of hydrogen-bond donors (Lipinski definition) is 2. The molecule has 128 valence electrons. The van der Waals surface area contributed by atoms with Gasteiger partial charge in [-0.05, 0) is 30.4 Å². The number of ether oxygens (including phenoxy) is 2. The maximum Gasteiger partial charge on any atom is 0.328 e. The standard InChI is InChI=1S/C17H26N2O4/c1-9(2)13(18)16(20)22-12-8-6-7-11(5)15(12)23-17(21)14(19)10(3)4/h6-10,13-14H,18-19H2,1-5H3/t13-,14-/m0/s1. The molecular weight excluding hydrogens is 296 g/mol. The third kappa shape index (κ3) is 5.04. The van der Waals surface area contributed by atoms with Crippen molar-refractivity contribution < 1.29 is 19.1 Å². The lowest BCUT2D eigenvalue weighted by Crippen LogP contribution is -2.39. The number of hydrogen-bond acceptors (Lipinski definition) is 6. The molecule has 1 aromatic rings. The maximum atomic E-state index is 12.1. The molecule has 0 aliphatic rings. The van der Waals surface area contributed by atoms with Gasteiger partial charge >= 0.3 is 11.9 Å². The first-order valence-electron chi connectivity index (χ1n) is 7.69. The molecule has 0 aliphatic heterocycles. The Morgan fingerprint density at radius 3 is 1.87 bits per heavy atom. The Labute approximate surface area is 137 Å². The Morgan fingerprint density at radius 2 is 1.39 bits per heavy atom.